The zero-order chi connectivity index (χ0) is 11.4. The Labute approximate surface area is 101 Å². The topological polar surface area (TPSA) is 49.3 Å². The van der Waals surface area contributed by atoms with Crippen molar-refractivity contribution in [3.8, 4) is 0 Å². The summed E-state index contributed by atoms with van der Waals surface area (Å²) in [5, 5.41) is 0.930. The molecule has 82 valence electrons. The molecule has 0 radical (unpaired) electrons. The summed E-state index contributed by atoms with van der Waals surface area (Å²) in [6.07, 6.45) is 1.44. The number of hydrogen-bond donors (Lipinski definition) is 2. The van der Waals surface area contributed by atoms with Crippen LogP contribution in [0.1, 0.15) is 12.5 Å². The molecule has 1 atom stereocenters. The number of hydrogen-bond acceptors (Lipinski definition) is 1. The molecule has 2 N–H and O–H groups in total. The standard InChI is InChI=1S/C9H9Cl2NO2S/c1-6(5-12-15(13)14)7-2-3-8(10)9(11)4-7/h2-5,12H,1H3,(H,13,14). The Bertz CT molecular complexity index is 421. The average molecular weight is 266 g/mol. The molecular weight excluding hydrogens is 257 g/mol. The summed E-state index contributed by atoms with van der Waals surface area (Å²) < 4.78 is 21.1. The van der Waals surface area contributed by atoms with E-state index in [2.05, 4.69) is 4.72 Å². The molecule has 0 aliphatic rings. The second kappa shape index (κ2) is 5.51. The summed E-state index contributed by atoms with van der Waals surface area (Å²) >= 11 is 9.53. The van der Waals surface area contributed by atoms with Crippen molar-refractivity contribution in [2.45, 2.75) is 6.92 Å². The van der Waals surface area contributed by atoms with Crippen molar-refractivity contribution in [2.24, 2.45) is 0 Å². The summed E-state index contributed by atoms with van der Waals surface area (Å²) in [6.45, 7) is 1.79. The van der Waals surface area contributed by atoms with Crippen LogP contribution in [0.2, 0.25) is 10.0 Å². The zero-order valence-corrected chi connectivity index (χ0v) is 10.2. The lowest BCUT2D eigenvalue weighted by molar-refractivity contribution is 0.558. The lowest BCUT2D eigenvalue weighted by atomic mass is 10.1. The quantitative estimate of drug-likeness (QED) is 0.826. The average Bonchev–Trinajstić information content (AvgIpc) is 2.18. The Hall–Kier alpha value is -0.550. The third kappa shape index (κ3) is 3.83. The van der Waals surface area contributed by atoms with E-state index in [4.69, 9.17) is 27.8 Å². The van der Waals surface area contributed by atoms with E-state index in [9.17, 15) is 4.21 Å². The molecule has 1 rings (SSSR count). The van der Waals surface area contributed by atoms with E-state index in [1.165, 1.54) is 6.20 Å². The van der Waals surface area contributed by atoms with Gasteiger partial charge in [0.05, 0.1) is 10.0 Å². The van der Waals surface area contributed by atoms with Crippen LogP contribution < -0.4 is 4.72 Å². The fourth-order valence-electron chi connectivity index (χ4n) is 0.964. The Morgan fingerprint density at radius 2 is 2.13 bits per heavy atom. The molecule has 0 saturated heterocycles. The van der Waals surface area contributed by atoms with Crippen molar-refractivity contribution >= 4 is 40.0 Å². The molecule has 0 bridgehead atoms. The second-order valence-electron chi connectivity index (χ2n) is 2.82. The molecule has 0 aliphatic carbocycles. The van der Waals surface area contributed by atoms with Gasteiger partial charge >= 0.3 is 0 Å². The van der Waals surface area contributed by atoms with Crippen LogP contribution in [0.5, 0.6) is 0 Å². The highest BCUT2D eigenvalue weighted by Crippen LogP contribution is 2.25. The SMILES string of the molecule is CC(=CNS(=O)O)c1ccc(Cl)c(Cl)c1. The van der Waals surface area contributed by atoms with Crippen LogP contribution in [-0.2, 0) is 11.3 Å². The monoisotopic (exact) mass is 265 g/mol. The number of rotatable bonds is 3. The van der Waals surface area contributed by atoms with Crippen molar-refractivity contribution in [3.63, 3.8) is 0 Å². The van der Waals surface area contributed by atoms with Crippen LogP contribution in [0.25, 0.3) is 5.57 Å². The summed E-state index contributed by atoms with van der Waals surface area (Å²) in [6, 6.07) is 5.15. The fraction of sp³-hybridized carbons (Fsp3) is 0.111. The van der Waals surface area contributed by atoms with Crippen LogP contribution in [0.4, 0.5) is 0 Å². The maximum absolute atomic E-state index is 10.4. The van der Waals surface area contributed by atoms with E-state index in [-0.39, 0.29) is 0 Å². The third-order valence-corrected chi connectivity index (χ3v) is 2.81. The van der Waals surface area contributed by atoms with Crippen LogP contribution >= 0.6 is 23.2 Å². The Morgan fingerprint density at radius 3 is 2.67 bits per heavy atom. The van der Waals surface area contributed by atoms with Crippen LogP contribution in [0, 0.1) is 0 Å². The van der Waals surface area contributed by atoms with Gasteiger partial charge in [-0.05, 0) is 30.2 Å². The molecule has 0 aliphatic heterocycles. The van der Waals surface area contributed by atoms with Gasteiger partial charge in [-0.1, -0.05) is 29.3 Å². The number of benzene rings is 1. The zero-order valence-electron chi connectivity index (χ0n) is 7.83. The minimum absolute atomic E-state index is 0.451. The summed E-state index contributed by atoms with van der Waals surface area (Å²) in [7, 11) is 0. The van der Waals surface area contributed by atoms with E-state index < -0.39 is 11.3 Å². The van der Waals surface area contributed by atoms with E-state index in [0.717, 1.165) is 11.1 Å². The van der Waals surface area contributed by atoms with Gasteiger partial charge in [-0.2, -0.15) is 0 Å². The van der Waals surface area contributed by atoms with Crippen molar-refractivity contribution < 1.29 is 8.76 Å². The van der Waals surface area contributed by atoms with Gasteiger partial charge in [0.1, 0.15) is 0 Å². The summed E-state index contributed by atoms with van der Waals surface area (Å²) in [4.78, 5) is 0. The molecule has 0 aromatic heterocycles. The van der Waals surface area contributed by atoms with Gasteiger partial charge in [0, 0.05) is 6.20 Å². The first-order chi connectivity index (χ1) is 7.00. The van der Waals surface area contributed by atoms with Gasteiger partial charge in [-0.25, -0.2) is 4.21 Å². The largest absolute Gasteiger partial charge is 0.289 e. The minimum atomic E-state index is -2.06. The molecular formula is C9H9Cl2NO2S. The fourth-order valence-corrected chi connectivity index (χ4v) is 1.54. The molecule has 1 aromatic rings. The summed E-state index contributed by atoms with van der Waals surface area (Å²) in [5.74, 6) is 0. The molecule has 15 heavy (non-hydrogen) atoms. The van der Waals surface area contributed by atoms with E-state index in [1.54, 1.807) is 25.1 Å². The highest BCUT2D eigenvalue weighted by atomic mass is 35.5. The van der Waals surface area contributed by atoms with Gasteiger partial charge in [-0.3, -0.25) is 9.27 Å². The molecule has 1 aromatic carbocycles. The van der Waals surface area contributed by atoms with E-state index in [1.807, 2.05) is 0 Å². The van der Waals surface area contributed by atoms with Crippen molar-refractivity contribution in [1.29, 1.82) is 0 Å². The van der Waals surface area contributed by atoms with Crippen LogP contribution in [0.3, 0.4) is 0 Å². The highest BCUT2D eigenvalue weighted by molar-refractivity contribution is 7.77. The molecule has 6 heteroatoms. The van der Waals surface area contributed by atoms with Gasteiger partial charge in [0.15, 0.2) is 0 Å². The van der Waals surface area contributed by atoms with E-state index in [0.29, 0.717) is 10.0 Å². The van der Waals surface area contributed by atoms with Gasteiger partial charge < -0.3 is 0 Å². The predicted molar refractivity (Wildman–Crippen MR) is 64.0 cm³/mol. The lowest BCUT2D eigenvalue weighted by Crippen LogP contribution is -2.07. The first-order valence-electron chi connectivity index (χ1n) is 4.00. The van der Waals surface area contributed by atoms with Crippen molar-refractivity contribution in [1.82, 2.24) is 4.72 Å². The van der Waals surface area contributed by atoms with Gasteiger partial charge in [0.2, 0.25) is 0 Å². The second-order valence-corrected chi connectivity index (χ2v) is 4.37. The van der Waals surface area contributed by atoms with Gasteiger partial charge in [-0.15, -0.1) is 0 Å². The van der Waals surface area contributed by atoms with E-state index >= 15 is 0 Å². The normalized spacial score (nSPS) is 13.7. The highest BCUT2D eigenvalue weighted by Gasteiger charge is 2.01. The van der Waals surface area contributed by atoms with Gasteiger partial charge in [0.25, 0.3) is 11.3 Å². The Morgan fingerprint density at radius 1 is 1.47 bits per heavy atom. The van der Waals surface area contributed by atoms with Crippen LogP contribution in [0.15, 0.2) is 24.4 Å². The van der Waals surface area contributed by atoms with Crippen molar-refractivity contribution in [3.05, 3.63) is 40.0 Å². The lowest BCUT2D eigenvalue weighted by Gasteiger charge is -2.03. The molecule has 0 heterocycles. The molecule has 0 spiro atoms. The Balaban J connectivity index is 2.91. The number of allylic oxidation sites excluding steroid dienone is 1. The first kappa shape index (κ1) is 12.5. The van der Waals surface area contributed by atoms with Crippen LogP contribution in [-0.4, -0.2) is 8.76 Å². The summed E-state index contributed by atoms with van der Waals surface area (Å²) in [5.41, 5.74) is 1.62. The number of nitrogens with one attached hydrogen (secondary N) is 1. The maximum atomic E-state index is 10.4. The predicted octanol–water partition coefficient (Wildman–Crippen LogP) is 3.08. The minimum Gasteiger partial charge on any atom is -0.289 e. The molecule has 0 fully saturated rings. The Kier molecular flexibility index (Phi) is 4.60. The smallest absolute Gasteiger partial charge is 0.258 e. The molecule has 1 unspecified atom stereocenters. The molecule has 0 amide bonds. The molecule has 0 saturated carbocycles. The first-order valence-corrected chi connectivity index (χ1v) is 5.86. The van der Waals surface area contributed by atoms with Crippen molar-refractivity contribution in [2.75, 3.05) is 0 Å². The number of halogens is 2. The maximum Gasteiger partial charge on any atom is 0.258 e. The molecule has 3 nitrogen and oxygen atoms in total. The third-order valence-electron chi connectivity index (χ3n) is 1.75.